The first kappa shape index (κ1) is 15.4. The summed E-state index contributed by atoms with van der Waals surface area (Å²) in [6, 6.07) is 29.9. The summed E-state index contributed by atoms with van der Waals surface area (Å²) in [5, 5.41) is 2.22. The van der Waals surface area contributed by atoms with Crippen LogP contribution in [0.3, 0.4) is 0 Å². The Hall–Kier alpha value is -3.65. The molecule has 0 bridgehead atoms. The van der Waals surface area contributed by atoms with Crippen LogP contribution in [0.5, 0.6) is 0 Å². The third kappa shape index (κ3) is 2.18. The Bertz CT molecular complexity index is 1400. The van der Waals surface area contributed by atoms with Gasteiger partial charge in [-0.25, -0.2) is 4.98 Å². The Morgan fingerprint density at radius 2 is 1.39 bits per heavy atom. The van der Waals surface area contributed by atoms with E-state index in [1.165, 1.54) is 33.4 Å². The molecule has 0 amide bonds. The number of benzene rings is 4. The largest absolute Gasteiger partial charge is 0.399 e. The minimum absolute atomic E-state index is 0.767. The van der Waals surface area contributed by atoms with Gasteiger partial charge in [0, 0.05) is 22.0 Å². The molecular weight excluding hydrogens is 340 g/mol. The summed E-state index contributed by atoms with van der Waals surface area (Å²) in [5.74, 6) is 0. The molecule has 1 aromatic heterocycles. The Morgan fingerprint density at radius 3 is 2.32 bits per heavy atom. The van der Waals surface area contributed by atoms with Crippen LogP contribution in [0.1, 0.15) is 11.1 Å². The molecule has 0 saturated carbocycles. The SMILES string of the molecule is Nc1ccc2nc3c(-c4cccc5c4Cc4ccccc4-5)cccc3cc2c1. The molecule has 28 heavy (non-hydrogen) atoms. The smallest absolute Gasteiger partial charge is 0.0788 e. The van der Waals surface area contributed by atoms with Gasteiger partial charge in [-0.15, -0.1) is 0 Å². The zero-order valence-corrected chi connectivity index (χ0v) is 15.3. The van der Waals surface area contributed by atoms with E-state index >= 15 is 0 Å². The number of nitrogen functional groups attached to an aromatic ring is 1. The number of pyridine rings is 1. The lowest BCUT2D eigenvalue weighted by atomic mass is 9.94. The van der Waals surface area contributed by atoms with Crippen molar-refractivity contribution in [3.63, 3.8) is 0 Å². The van der Waals surface area contributed by atoms with Gasteiger partial charge in [0.15, 0.2) is 0 Å². The van der Waals surface area contributed by atoms with Gasteiger partial charge in [-0.1, -0.05) is 60.7 Å². The second-order valence-corrected chi connectivity index (χ2v) is 7.48. The van der Waals surface area contributed by atoms with Crippen molar-refractivity contribution in [1.82, 2.24) is 4.98 Å². The van der Waals surface area contributed by atoms with E-state index in [0.717, 1.165) is 33.9 Å². The van der Waals surface area contributed by atoms with Crippen molar-refractivity contribution < 1.29 is 0 Å². The van der Waals surface area contributed by atoms with E-state index in [1.807, 2.05) is 18.2 Å². The Kier molecular flexibility index (Phi) is 3.12. The van der Waals surface area contributed by atoms with Crippen LogP contribution in [0.25, 0.3) is 44.1 Å². The highest BCUT2D eigenvalue weighted by Crippen LogP contribution is 2.42. The summed E-state index contributed by atoms with van der Waals surface area (Å²) in [7, 11) is 0. The highest BCUT2D eigenvalue weighted by atomic mass is 14.7. The summed E-state index contributed by atoms with van der Waals surface area (Å²) in [6.45, 7) is 0. The molecule has 1 heterocycles. The van der Waals surface area contributed by atoms with Crippen molar-refractivity contribution in [3.8, 4) is 22.3 Å². The molecule has 0 atom stereocenters. The van der Waals surface area contributed by atoms with Crippen LogP contribution >= 0.6 is 0 Å². The fourth-order valence-corrected chi connectivity index (χ4v) is 4.51. The van der Waals surface area contributed by atoms with E-state index < -0.39 is 0 Å². The fourth-order valence-electron chi connectivity index (χ4n) is 4.51. The predicted octanol–water partition coefficient (Wildman–Crippen LogP) is 6.21. The molecule has 2 nitrogen and oxygen atoms in total. The van der Waals surface area contributed by atoms with Gasteiger partial charge >= 0.3 is 0 Å². The van der Waals surface area contributed by atoms with Crippen molar-refractivity contribution in [2.75, 3.05) is 5.73 Å². The van der Waals surface area contributed by atoms with Crippen LogP contribution < -0.4 is 5.73 Å². The van der Waals surface area contributed by atoms with Crippen LogP contribution in [0, 0.1) is 0 Å². The van der Waals surface area contributed by atoms with Gasteiger partial charge in [0.05, 0.1) is 11.0 Å². The number of nitrogens with zero attached hydrogens (tertiary/aromatic N) is 1. The minimum Gasteiger partial charge on any atom is -0.399 e. The van der Waals surface area contributed by atoms with Crippen molar-refractivity contribution in [2.24, 2.45) is 0 Å². The second-order valence-electron chi connectivity index (χ2n) is 7.48. The average molecular weight is 358 g/mol. The fraction of sp³-hybridized carbons (Fsp3) is 0.0385. The first-order valence-electron chi connectivity index (χ1n) is 9.57. The van der Waals surface area contributed by atoms with Crippen molar-refractivity contribution >= 4 is 27.5 Å². The van der Waals surface area contributed by atoms with Gasteiger partial charge in [-0.2, -0.15) is 0 Å². The maximum absolute atomic E-state index is 5.96. The average Bonchev–Trinajstić information content (AvgIpc) is 3.11. The molecule has 1 aliphatic carbocycles. The minimum atomic E-state index is 0.767. The molecule has 132 valence electrons. The first-order valence-corrected chi connectivity index (χ1v) is 9.57. The lowest BCUT2D eigenvalue weighted by molar-refractivity contribution is 1.26. The molecule has 0 fully saturated rings. The van der Waals surface area contributed by atoms with Crippen LogP contribution in [0.2, 0.25) is 0 Å². The monoisotopic (exact) mass is 358 g/mol. The first-order chi connectivity index (χ1) is 13.8. The third-order valence-corrected chi connectivity index (χ3v) is 5.80. The number of hydrogen-bond acceptors (Lipinski definition) is 2. The van der Waals surface area contributed by atoms with Crippen LogP contribution in [0.4, 0.5) is 5.69 Å². The summed E-state index contributed by atoms with van der Waals surface area (Å²) < 4.78 is 0. The molecule has 0 saturated heterocycles. The highest BCUT2D eigenvalue weighted by Gasteiger charge is 2.22. The Labute approximate surface area is 163 Å². The molecule has 6 rings (SSSR count). The van der Waals surface area contributed by atoms with Crippen molar-refractivity contribution in [2.45, 2.75) is 6.42 Å². The van der Waals surface area contributed by atoms with E-state index in [0.29, 0.717) is 0 Å². The number of aromatic nitrogens is 1. The van der Waals surface area contributed by atoms with E-state index in [2.05, 4.69) is 66.7 Å². The number of hydrogen-bond donors (Lipinski definition) is 1. The van der Waals surface area contributed by atoms with Gasteiger partial charge in [0.25, 0.3) is 0 Å². The van der Waals surface area contributed by atoms with E-state index in [1.54, 1.807) is 0 Å². The van der Waals surface area contributed by atoms with Gasteiger partial charge in [0.2, 0.25) is 0 Å². The second kappa shape index (κ2) is 5.67. The number of anilines is 1. The predicted molar refractivity (Wildman–Crippen MR) is 117 cm³/mol. The van der Waals surface area contributed by atoms with E-state index in [9.17, 15) is 0 Å². The molecule has 0 spiro atoms. The van der Waals surface area contributed by atoms with Gasteiger partial charge < -0.3 is 5.73 Å². The molecule has 2 N–H and O–H groups in total. The summed E-state index contributed by atoms with van der Waals surface area (Å²) in [6.07, 6.45) is 0.974. The normalized spacial score (nSPS) is 12.3. The molecule has 0 aliphatic heterocycles. The standard InChI is InChI=1S/C26H18N2/c27-19-11-12-25-18(14-19)13-17-6-3-10-23(26(17)28-25)22-9-4-8-21-20-7-2-1-5-16(20)15-24(21)22/h1-14H,15,27H2. The van der Waals surface area contributed by atoms with Crippen LogP contribution in [-0.2, 0) is 6.42 Å². The van der Waals surface area contributed by atoms with Crippen molar-refractivity contribution in [1.29, 1.82) is 0 Å². The summed E-state index contributed by atoms with van der Waals surface area (Å²) in [4.78, 5) is 5.01. The number of rotatable bonds is 1. The van der Waals surface area contributed by atoms with Crippen molar-refractivity contribution in [3.05, 3.63) is 96.1 Å². The maximum Gasteiger partial charge on any atom is 0.0788 e. The molecule has 4 aromatic carbocycles. The van der Waals surface area contributed by atoms with E-state index in [4.69, 9.17) is 10.7 Å². The zero-order valence-electron chi connectivity index (χ0n) is 15.3. The number of fused-ring (bicyclic) bond motifs is 5. The van der Waals surface area contributed by atoms with Gasteiger partial charge in [-0.3, -0.25) is 0 Å². The van der Waals surface area contributed by atoms with Crippen LogP contribution in [0.15, 0.2) is 84.9 Å². The molecule has 5 aromatic rings. The summed E-state index contributed by atoms with van der Waals surface area (Å²) >= 11 is 0. The summed E-state index contributed by atoms with van der Waals surface area (Å²) in [5.41, 5.74) is 16.7. The Balaban J connectivity index is 1.63. The lowest BCUT2D eigenvalue weighted by Gasteiger charge is -2.12. The molecule has 0 unspecified atom stereocenters. The van der Waals surface area contributed by atoms with Crippen LogP contribution in [-0.4, -0.2) is 4.98 Å². The number of nitrogens with two attached hydrogens (primary N) is 1. The number of para-hydroxylation sites is 1. The molecule has 0 radical (unpaired) electrons. The molecule has 1 aliphatic rings. The topological polar surface area (TPSA) is 38.9 Å². The Morgan fingerprint density at radius 1 is 0.643 bits per heavy atom. The maximum atomic E-state index is 5.96. The van der Waals surface area contributed by atoms with Gasteiger partial charge in [0.1, 0.15) is 0 Å². The zero-order chi connectivity index (χ0) is 18.7. The van der Waals surface area contributed by atoms with E-state index in [-0.39, 0.29) is 0 Å². The highest BCUT2D eigenvalue weighted by molar-refractivity contribution is 6.02. The molecule has 2 heteroatoms. The lowest BCUT2D eigenvalue weighted by Crippen LogP contribution is -1.92. The third-order valence-electron chi connectivity index (χ3n) is 5.80. The quantitative estimate of drug-likeness (QED) is 0.280. The van der Waals surface area contributed by atoms with Gasteiger partial charge in [-0.05, 0) is 58.5 Å². The molecular formula is C26H18N2.